The summed E-state index contributed by atoms with van der Waals surface area (Å²) in [6.45, 7) is 2.90. The van der Waals surface area contributed by atoms with Gasteiger partial charge < -0.3 is 10.1 Å². The molecule has 7 heteroatoms. The first-order valence-corrected chi connectivity index (χ1v) is 13.5. The zero-order chi connectivity index (χ0) is 24.5. The van der Waals surface area contributed by atoms with Gasteiger partial charge in [0.25, 0.3) is 5.91 Å². The molecule has 7 nitrogen and oxygen atoms in total. The number of rotatable bonds is 9. The molecule has 0 aromatic heterocycles. The Bertz CT molecular complexity index is 836. The van der Waals surface area contributed by atoms with E-state index in [1.807, 2.05) is 12.1 Å². The molecule has 1 heterocycles. The van der Waals surface area contributed by atoms with Crippen LogP contribution in [-0.4, -0.2) is 53.3 Å². The monoisotopic (exact) mass is 483 g/mol. The number of nitrogens with zero attached hydrogens (tertiary/aromatic N) is 1. The van der Waals surface area contributed by atoms with E-state index in [4.69, 9.17) is 9.94 Å². The molecule has 35 heavy (non-hydrogen) atoms. The first-order valence-electron chi connectivity index (χ1n) is 13.5. The molecule has 1 aliphatic heterocycles. The highest BCUT2D eigenvalue weighted by Gasteiger charge is 2.35. The molecule has 1 amide bonds. The van der Waals surface area contributed by atoms with Crippen LogP contribution in [0.1, 0.15) is 81.8 Å². The SMILES string of the molecule is O=C(/C=C/c1ccc(CN2CCC(N[C@H](C(=O)OC3CCCC3)C3CCCCC3)CC2)cc1)NO. The summed E-state index contributed by atoms with van der Waals surface area (Å²) >= 11 is 0. The number of esters is 1. The van der Waals surface area contributed by atoms with Crippen LogP contribution in [0.2, 0.25) is 0 Å². The fraction of sp³-hybridized carbons (Fsp3) is 0.643. The van der Waals surface area contributed by atoms with Gasteiger partial charge >= 0.3 is 5.97 Å². The van der Waals surface area contributed by atoms with Crippen molar-refractivity contribution < 1.29 is 19.5 Å². The highest BCUT2D eigenvalue weighted by Crippen LogP contribution is 2.30. The maximum atomic E-state index is 13.2. The minimum Gasteiger partial charge on any atom is -0.461 e. The van der Waals surface area contributed by atoms with Crippen LogP contribution in [0, 0.1) is 5.92 Å². The van der Waals surface area contributed by atoms with Gasteiger partial charge in [0.1, 0.15) is 12.1 Å². The summed E-state index contributed by atoms with van der Waals surface area (Å²) in [5, 5.41) is 12.3. The number of carbonyl (C=O) groups excluding carboxylic acids is 2. The van der Waals surface area contributed by atoms with E-state index in [9.17, 15) is 9.59 Å². The number of likely N-dealkylation sites (tertiary alicyclic amines) is 1. The predicted octanol–water partition coefficient (Wildman–Crippen LogP) is 4.19. The molecule has 3 N–H and O–H groups in total. The number of hydroxylamine groups is 1. The lowest BCUT2D eigenvalue weighted by atomic mass is 9.83. The number of amides is 1. The minimum atomic E-state index is -0.539. The summed E-state index contributed by atoms with van der Waals surface area (Å²) in [4.78, 5) is 26.8. The summed E-state index contributed by atoms with van der Waals surface area (Å²) in [6.07, 6.45) is 15.6. The fourth-order valence-electron chi connectivity index (χ4n) is 5.82. The van der Waals surface area contributed by atoms with E-state index in [1.165, 1.54) is 43.7 Å². The Hall–Kier alpha value is -2.22. The van der Waals surface area contributed by atoms with Crippen molar-refractivity contribution in [2.24, 2.45) is 5.92 Å². The quantitative estimate of drug-likeness (QED) is 0.211. The minimum absolute atomic E-state index is 0.00293. The van der Waals surface area contributed by atoms with Gasteiger partial charge in [-0.05, 0) is 87.6 Å². The lowest BCUT2D eigenvalue weighted by Gasteiger charge is -2.37. The lowest BCUT2D eigenvalue weighted by molar-refractivity contribution is -0.153. The number of piperidine rings is 1. The molecule has 0 spiro atoms. The third kappa shape index (κ3) is 7.89. The van der Waals surface area contributed by atoms with Crippen LogP contribution in [0.25, 0.3) is 6.08 Å². The molecule has 0 bridgehead atoms. The molecule has 2 aliphatic carbocycles. The average molecular weight is 484 g/mol. The molecular weight excluding hydrogens is 442 g/mol. The van der Waals surface area contributed by atoms with Crippen molar-refractivity contribution in [1.82, 2.24) is 15.7 Å². The van der Waals surface area contributed by atoms with Crippen molar-refractivity contribution in [3.63, 3.8) is 0 Å². The van der Waals surface area contributed by atoms with E-state index < -0.39 is 5.91 Å². The third-order valence-electron chi connectivity index (χ3n) is 7.89. The number of ether oxygens (including phenoxy) is 1. The smallest absolute Gasteiger partial charge is 0.323 e. The molecule has 2 saturated carbocycles. The van der Waals surface area contributed by atoms with Crippen LogP contribution in [0.15, 0.2) is 30.3 Å². The molecule has 1 atom stereocenters. The molecule has 1 aromatic rings. The van der Waals surface area contributed by atoms with Crippen molar-refractivity contribution in [1.29, 1.82) is 0 Å². The van der Waals surface area contributed by atoms with Crippen molar-refractivity contribution in [3.05, 3.63) is 41.5 Å². The summed E-state index contributed by atoms with van der Waals surface area (Å²) < 4.78 is 5.96. The van der Waals surface area contributed by atoms with Gasteiger partial charge in [-0.2, -0.15) is 0 Å². The van der Waals surface area contributed by atoms with E-state index in [1.54, 1.807) is 11.6 Å². The van der Waals surface area contributed by atoms with Crippen molar-refractivity contribution in [2.75, 3.05) is 13.1 Å². The second-order valence-corrected chi connectivity index (χ2v) is 10.5. The fourth-order valence-corrected chi connectivity index (χ4v) is 5.82. The molecule has 0 unspecified atom stereocenters. The summed E-state index contributed by atoms with van der Waals surface area (Å²) in [7, 11) is 0. The molecule has 4 rings (SSSR count). The maximum absolute atomic E-state index is 13.2. The Balaban J connectivity index is 1.26. The predicted molar refractivity (Wildman–Crippen MR) is 136 cm³/mol. The van der Waals surface area contributed by atoms with Gasteiger partial charge in [0, 0.05) is 18.7 Å². The van der Waals surface area contributed by atoms with Crippen LogP contribution < -0.4 is 10.8 Å². The summed E-state index contributed by atoms with van der Waals surface area (Å²) in [5.41, 5.74) is 3.75. The molecule has 3 aliphatic rings. The molecular formula is C28H41N3O4. The highest BCUT2D eigenvalue weighted by molar-refractivity contribution is 5.90. The van der Waals surface area contributed by atoms with Crippen molar-refractivity contribution >= 4 is 18.0 Å². The molecule has 3 fully saturated rings. The van der Waals surface area contributed by atoms with E-state index >= 15 is 0 Å². The van der Waals surface area contributed by atoms with Gasteiger partial charge in [-0.3, -0.25) is 19.7 Å². The zero-order valence-corrected chi connectivity index (χ0v) is 20.8. The number of carbonyl (C=O) groups is 2. The Morgan fingerprint density at radius 3 is 2.29 bits per heavy atom. The van der Waals surface area contributed by atoms with E-state index in [2.05, 4.69) is 22.3 Å². The second kappa shape index (κ2) is 13.2. The average Bonchev–Trinajstić information content (AvgIpc) is 3.41. The van der Waals surface area contributed by atoms with Crippen LogP contribution in [-0.2, 0) is 20.9 Å². The Kier molecular flexibility index (Phi) is 9.74. The number of hydrogen-bond acceptors (Lipinski definition) is 6. The van der Waals surface area contributed by atoms with Gasteiger partial charge in [-0.15, -0.1) is 0 Å². The molecule has 1 saturated heterocycles. The first-order chi connectivity index (χ1) is 17.1. The Morgan fingerprint density at radius 2 is 1.63 bits per heavy atom. The van der Waals surface area contributed by atoms with Crippen molar-refractivity contribution in [3.8, 4) is 0 Å². The van der Waals surface area contributed by atoms with E-state index in [0.29, 0.717) is 12.0 Å². The van der Waals surface area contributed by atoms with E-state index in [0.717, 1.165) is 63.7 Å². The van der Waals surface area contributed by atoms with Crippen LogP contribution in [0.5, 0.6) is 0 Å². The van der Waals surface area contributed by atoms with E-state index in [-0.39, 0.29) is 18.1 Å². The molecule has 1 aromatic carbocycles. The third-order valence-corrected chi connectivity index (χ3v) is 7.89. The first kappa shape index (κ1) is 25.9. The van der Waals surface area contributed by atoms with Gasteiger partial charge in [-0.25, -0.2) is 5.48 Å². The maximum Gasteiger partial charge on any atom is 0.323 e. The summed E-state index contributed by atoms with van der Waals surface area (Å²) in [5.74, 6) is -0.133. The topological polar surface area (TPSA) is 90.9 Å². The Morgan fingerprint density at radius 1 is 0.971 bits per heavy atom. The van der Waals surface area contributed by atoms with Crippen LogP contribution in [0.3, 0.4) is 0 Å². The summed E-state index contributed by atoms with van der Waals surface area (Å²) in [6, 6.07) is 8.34. The normalized spacial score (nSPS) is 21.9. The molecule has 0 radical (unpaired) electrons. The number of hydrogen-bond donors (Lipinski definition) is 3. The van der Waals surface area contributed by atoms with Crippen molar-refractivity contribution in [2.45, 2.75) is 95.4 Å². The number of nitrogens with one attached hydrogen (secondary N) is 2. The zero-order valence-electron chi connectivity index (χ0n) is 20.8. The molecule has 192 valence electrons. The standard InChI is InChI=1S/C28H41N3O4/c32-26(30-34)15-14-21-10-12-22(13-11-21)20-31-18-16-24(17-19-31)29-27(23-6-2-1-3-7-23)28(33)35-25-8-4-5-9-25/h10-15,23-25,27,29,34H,1-9,16-20H2,(H,30,32)/b15-14+/t27-/m0/s1. The van der Waals surface area contributed by atoms with Gasteiger partial charge in [0.2, 0.25) is 0 Å². The van der Waals surface area contributed by atoms with Gasteiger partial charge in [0.15, 0.2) is 0 Å². The van der Waals surface area contributed by atoms with Gasteiger partial charge in [0.05, 0.1) is 0 Å². The largest absolute Gasteiger partial charge is 0.461 e. The van der Waals surface area contributed by atoms with Crippen LogP contribution >= 0.6 is 0 Å². The second-order valence-electron chi connectivity index (χ2n) is 10.5. The Labute approximate surface area is 209 Å². The van der Waals surface area contributed by atoms with Crippen LogP contribution in [0.4, 0.5) is 0 Å². The number of benzene rings is 1. The lowest BCUT2D eigenvalue weighted by Crippen LogP contribution is -2.52. The van der Waals surface area contributed by atoms with Gasteiger partial charge in [-0.1, -0.05) is 43.5 Å². The highest BCUT2D eigenvalue weighted by atomic mass is 16.5.